The number of carbonyl (C=O) groups is 3. The van der Waals surface area contributed by atoms with Crippen LogP contribution < -0.4 is 15.1 Å². The standard InChI is InChI=1S/C28H34FN3O4S/c1-19(2)15-20-3-5-21(6-4-20)26(33)9-10-27(34)30-17-23-18-32(28(35)36-23)22-7-8-25(24(29)16-22)31-11-13-37-14-12-31/h3-8,16,19,23H,9-15,17-18H2,1-2H3,(H,30,34)/t23-/m0/s1. The van der Waals surface area contributed by atoms with Gasteiger partial charge in [0.2, 0.25) is 5.91 Å². The maximum absolute atomic E-state index is 14.8. The van der Waals surface area contributed by atoms with E-state index in [0.717, 1.165) is 31.0 Å². The highest BCUT2D eigenvalue weighted by Crippen LogP contribution is 2.29. The maximum Gasteiger partial charge on any atom is 0.414 e. The number of hydrogen-bond acceptors (Lipinski definition) is 6. The van der Waals surface area contributed by atoms with Crippen LogP contribution in [0.2, 0.25) is 0 Å². The average Bonchev–Trinajstić information content (AvgIpc) is 3.27. The van der Waals surface area contributed by atoms with Crippen molar-refractivity contribution in [3.05, 3.63) is 59.4 Å². The fraction of sp³-hybridized carbons (Fsp3) is 0.464. The lowest BCUT2D eigenvalue weighted by molar-refractivity contribution is -0.121. The quantitative estimate of drug-likeness (QED) is 0.452. The Labute approximate surface area is 221 Å². The lowest BCUT2D eigenvalue weighted by Crippen LogP contribution is -2.35. The summed E-state index contributed by atoms with van der Waals surface area (Å²) in [6, 6.07) is 12.3. The second-order valence-electron chi connectivity index (χ2n) is 9.87. The van der Waals surface area contributed by atoms with E-state index in [-0.39, 0.29) is 43.4 Å². The molecule has 198 valence electrons. The van der Waals surface area contributed by atoms with E-state index in [9.17, 15) is 18.8 Å². The topological polar surface area (TPSA) is 79.0 Å². The van der Waals surface area contributed by atoms with E-state index in [2.05, 4.69) is 19.2 Å². The third-order valence-electron chi connectivity index (χ3n) is 6.49. The first kappa shape index (κ1) is 27.0. The molecule has 2 aromatic carbocycles. The van der Waals surface area contributed by atoms with Crippen molar-refractivity contribution >= 4 is 40.9 Å². The number of nitrogens with zero attached hydrogens (tertiary/aromatic N) is 2. The van der Waals surface area contributed by atoms with E-state index >= 15 is 0 Å². The predicted octanol–water partition coefficient (Wildman–Crippen LogP) is 4.68. The number of rotatable bonds is 10. The van der Waals surface area contributed by atoms with Gasteiger partial charge >= 0.3 is 6.09 Å². The van der Waals surface area contributed by atoms with Crippen LogP contribution in [0.5, 0.6) is 0 Å². The molecule has 0 radical (unpaired) electrons. The molecule has 9 heteroatoms. The monoisotopic (exact) mass is 527 g/mol. The molecule has 37 heavy (non-hydrogen) atoms. The van der Waals surface area contributed by atoms with E-state index in [1.54, 1.807) is 12.1 Å². The third-order valence-corrected chi connectivity index (χ3v) is 7.44. The predicted molar refractivity (Wildman–Crippen MR) is 145 cm³/mol. The van der Waals surface area contributed by atoms with E-state index in [1.807, 2.05) is 40.9 Å². The highest BCUT2D eigenvalue weighted by Gasteiger charge is 2.33. The molecule has 0 aromatic heterocycles. The Kier molecular flexibility index (Phi) is 9.08. The smallest absolute Gasteiger partial charge is 0.414 e. The summed E-state index contributed by atoms with van der Waals surface area (Å²) < 4.78 is 20.2. The molecule has 2 fully saturated rings. The van der Waals surface area contributed by atoms with Crippen molar-refractivity contribution in [2.45, 2.75) is 39.2 Å². The number of Topliss-reactive ketones (excluding diaryl/α,β-unsaturated/α-hetero) is 1. The summed E-state index contributed by atoms with van der Waals surface area (Å²) >= 11 is 1.85. The van der Waals surface area contributed by atoms with Crippen molar-refractivity contribution in [3.8, 4) is 0 Å². The van der Waals surface area contributed by atoms with Gasteiger partial charge in [-0.3, -0.25) is 14.5 Å². The van der Waals surface area contributed by atoms with Gasteiger partial charge in [0, 0.05) is 43.0 Å². The Bertz CT molecular complexity index is 1120. The molecule has 2 aliphatic heterocycles. The molecule has 0 saturated carbocycles. The zero-order valence-electron chi connectivity index (χ0n) is 21.4. The van der Waals surface area contributed by atoms with Gasteiger partial charge in [-0.2, -0.15) is 11.8 Å². The summed E-state index contributed by atoms with van der Waals surface area (Å²) in [6.07, 6.45) is -0.0104. The minimum absolute atomic E-state index is 0.0542. The third kappa shape index (κ3) is 7.25. The van der Waals surface area contributed by atoms with Crippen LogP contribution in [-0.2, 0) is 16.0 Å². The van der Waals surface area contributed by atoms with Gasteiger partial charge in [-0.05, 0) is 36.1 Å². The molecule has 2 saturated heterocycles. The normalized spacial score (nSPS) is 17.7. The number of ether oxygens (including phenoxy) is 1. The first-order valence-corrected chi connectivity index (χ1v) is 13.9. The highest BCUT2D eigenvalue weighted by atomic mass is 32.2. The lowest BCUT2D eigenvalue weighted by Gasteiger charge is -2.29. The van der Waals surface area contributed by atoms with Gasteiger partial charge in [-0.15, -0.1) is 0 Å². The van der Waals surface area contributed by atoms with Gasteiger partial charge < -0.3 is 15.0 Å². The summed E-state index contributed by atoms with van der Waals surface area (Å²) in [5, 5.41) is 2.74. The number of hydrogen-bond donors (Lipinski definition) is 1. The highest BCUT2D eigenvalue weighted by molar-refractivity contribution is 7.99. The number of anilines is 2. The van der Waals surface area contributed by atoms with Gasteiger partial charge in [0.05, 0.1) is 24.5 Å². The van der Waals surface area contributed by atoms with Crippen LogP contribution >= 0.6 is 11.8 Å². The largest absolute Gasteiger partial charge is 0.442 e. The first-order chi connectivity index (χ1) is 17.8. The second kappa shape index (κ2) is 12.4. The SMILES string of the molecule is CC(C)Cc1ccc(C(=O)CCC(=O)NC[C@H]2CN(c3ccc(N4CCSCC4)c(F)c3)C(=O)O2)cc1. The van der Waals surface area contributed by atoms with Crippen molar-refractivity contribution in [1.82, 2.24) is 5.32 Å². The molecule has 0 unspecified atom stereocenters. The lowest BCUT2D eigenvalue weighted by atomic mass is 9.99. The molecule has 0 spiro atoms. The van der Waals surface area contributed by atoms with Crippen LogP contribution in [-0.4, -0.2) is 61.6 Å². The van der Waals surface area contributed by atoms with Crippen molar-refractivity contribution < 1.29 is 23.5 Å². The molecule has 2 aliphatic rings. The Balaban J connectivity index is 1.23. The van der Waals surface area contributed by atoms with Gasteiger partial charge in [-0.1, -0.05) is 38.1 Å². The summed E-state index contributed by atoms with van der Waals surface area (Å²) in [7, 11) is 0. The second-order valence-corrected chi connectivity index (χ2v) is 11.1. The average molecular weight is 528 g/mol. The number of nitrogens with one attached hydrogen (secondary N) is 1. The summed E-state index contributed by atoms with van der Waals surface area (Å²) in [5.74, 6) is 1.74. The molecule has 0 bridgehead atoms. The van der Waals surface area contributed by atoms with Crippen molar-refractivity contribution in [1.29, 1.82) is 0 Å². The van der Waals surface area contributed by atoms with E-state index in [1.165, 1.54) is 16.5 Å². The van der Waals surface area contributed by atoms with Crippen LogP contribution in [0.15, 0.2) is 42.5 Å². The Morgan fingerprint density at radius 3 is 2.51 bits per heavy atom. The summed E-state index contributed by atoms with van der Waals surface area (Å²) in [4.78, 5) is 40.5. The zero-order valence-corrected chi connectivity index (χ0v) is 22.2. The van der Waals surface area contributed by atoms with E-state index in [4.69, 9.17) is 4.74 Å². The number of ketones is 1. The Hall–Kier alpha value is -3.07. The molecule has 2 aromatic rings. The van der Waals surface area contributed by atoms with Gasteiger partial charge in [0.1, 0.15) is 11.9 Å². The zero-order chi connectivity index (χ0) is 26.4. The van der Waals surface area contributed by atoms with Crippen molar-refractivity contribution in [2.24, 2.45) is 5.92 Å². The number of cyclic esters (lactones) is 1. The van der Waals surface area contributed by atoms with Crippen molar-refractivity contribution in [2.75, 3.05) is 47.5 Å². The van der Waals surface area contributed by atoms with Crippen LogP contribution in [0, 0.1) is 11.7 Å². The number of amides is 2. The van der Waals surface area contributed by atoms with Gasteiger partial charge in [0.15, 0.2) is 5.78 Å². The van der Waals surface area contributed by atoms with E-state index in [0.29, 0.717) is 22.9 Å². The van der Waals surface area contributed by atoms with E-state index < -0.39 is 12.2 Å². The molecule has 2 amide bonds. The molecular formula is C28H34FN3O4S. The van der Waals surface area contributed by atoms with Crippen LogP contribution in [0.25, 0.3) is 0 Å². The molecular weight excluding hydrogens is 493 g/mol. The summed E-state index contributed by atoms with van der Waals surface area (Å²) in [5.41, 5.74) is 2.75. The maximum atomic E-state index is 14.8. The number of thioether (sulfide) groups is 1. The van der Waals surface area contributed by atoms with Crippen molar-refractivity contribution in [3.63, 3.8) is 0 Å². The molecule has 7 nitrogen and oxygen atoms in total. The Morgan fingerprint density at radius 2 is 1.84 bits per heavy atom. The molecule has 2 heterocycles. The minimum atomic E-state index is -0.572. The Morgan fingerprint density at radius 1 is 1.11 bits per heavy atom. The fourth-order valence-electron chi connectivity index (χ4n) is 4.55. The van der Waals surface area contributed by atoms with Crippen LogP contribution in [0.4, 0.5) is 20.6 Å². The van der Waals surface area contributed by atoms with Crippen LogP contribution in [0.1, 0.15) is 42.6 Å². The summed E-state index contributed by atoms with van der Waals surface area (Å²) in [6.45, 7) is 6.23. The first-order valence-electron chi connectivity index (χ1n) is 12.8. The van der Waals surface area contributed by atoms with Gasteiger partial charge in [-0.25, -0.2) is 9.18 Å². The fourth-order valence-corrected chi connectivity index (χ4v) is 5.45. The molecule has 0 aliphatic carbocycles. The number of carbonyl (C=O) groups excluding carboxylic acids is 3. The molecule has 1 atom stereocenters. The number of halogens is 1. The molecule has 4 rings (SSSR count). The van der Waals surface area contributed by atoms with Crippen LogP contribution in [0.3, 0.4) is 0 Å². The molecule has 1 N–H and O–H groups in total. The van der Waals surface area contributed by atoms with Gasteiger partial charge in [0.25, 0.3) is 0 Å². The minimum Gasteiger partial charge on any atom is -0.442 e. The number of benzene rings is 2.